The Morgan fingerprint density at radius 2 is 2.00 bits per heavy atom. The molecule has 0 saturated heterocycles. The molecule has 1 aliphatic carbocycles. The lowest BCUT2D eigenvalue weighted by Gasteiger charge is -2.08. The topological polar surface area (TPSA) is 30.2 Å². The molecule has 2 rings (SSSR count). The number of hydrogen-bond donors (Lipinski definition) is 0. The minimum atomic E-state index is -0.00574. The van der Waals surface area contributed by atoms with Crippen molar-refractivity contribution in [3.63, 3.8) is 0 Å². The molecule has 0 saturated carbocycles. The Morgan fingerprint density at radius 1 is 1.19 bits per heavy atom. The van der Waals surface area contributed by atoms with Crippen LogP contribution in [-0.4, -0.2) is 5.78 Å². The Hall–Kier alpha value is -1.02. The minimum Gasteiger partial charge on any atom is -0.441 e. The summed E-state index contributed by atoms with van der Waals surface area (Å²) in [5, 5.41) is 0.273. The molecule has 0 spiro atoms. The minimum absolute atomic E-state index is 0.00574. The maximum atomic E-state index is 12.1. The maximum Gasteiger partial charge on any atom is 0.223 e. The van der Waals surface area contributed by atoms with Gasteiger partial charge in [-0.15, -0.1) is 0 Å². The number of carbonyl (C=O) groups is 1. The number of halogens is 1. The van der Waals surface area contributed by atoms with Crippen LogP contribution in [0.5, 0.6) is 0 Å². The van der Waals surface area contributed by atoms with E-state index in [1.165, 1.54) is 19.3 Å². The summed E-state index contributed by atoms with van der Waals surface area (Å²) in [4.78, 5) is 12.1. The second kappa shape index (κ2) is 5.35. The quantitative estimate of drug-likeness (QED) is 0.715. The Labute approximate surface area is 100 Å². The molecular weight excluding hydrogens is 224 g/mol. The van der Waals surface area contributed by atoms with Crippen molar-refractivity contribution >= 4 is 17.4 Å². The van der Waals surface area contributed by atoms with Crippen LogP contribution >= 0.6 is 11.6 Å². The number of rotatable bonds is 2. The van der Waals surface area contributed by atoms with Gasteiger partial charge in [-0.05, 0) is 55.0 Å². The van der Waals surface area contributed by atoms with E-state index in [1.807, 2.05) is 0 Å². The summed E-state index contributed by atoms with van der Waals surface area (Å²) in [7, 11) is 0. The molecule has 0 unspecified atom stereocenters. The van der Waals surface area contributed by atoms with Crippen molar-refractivity contribution in [1.29, 1.82) is 0 Å². The lowest BCUT2D eigenvalue weighted by atomic mass is 9.96. The van der Waals surface area contributed by atoms with E-state index in [1.54, 1.807) is 12.1 Å². The molecule has 2 nitrogen and oxygen atoms in total. The standard InChI is InChI=1S/C13H15ClO2/c14-12-9-8-11(16-12)13(15)10-6-4-2-1-3-5-7-10/h6,8-9H,1-5,7H2/b10-6+. The summed E-state index contributed by atoms with van der Waals surface area (Å²) in [5.74, 6) is 0.352. The van der Waals surface area contributed by atoms with Crippen LogP contribution in [0, 0.1) is 0 Å². The fraction of sp³-hybridized carbons (Fsp3) is 0.462. The van der Waals surface area contributed by atoms with Crippen molar-refractivity contribution in [2.75, 3.05) is 0 Å². The van der Waals surface area contributed by atoms with Crippen LogP contribution in [0.1, 0.15) is 49.1 Å². The van der Waals surface area contributed by atoms with E-state index in [2.05, 4.69) is 6.08 Å². The second-order valence-electron chi connectivity index (χ2n) is 4.12. The molecule has 0 N–H and O–H groups in total. The molecular formula is C13H15ClO2. The molecule has 0 atom stereocenters. The number of Topliss-reactive ketones (excluding diaryl/α,β-unsaturated/α-hetero) is 1. The number of furan rings is 1. The van der Waals surface area contributed by atoms with Gasteiger partial charge in [-0.25, -0.2) is 0 Å². The fourth-order valence-electron chi connectivity index (χ4n) is 1.99. The average molecular weight is 239 g/mol. The summed E-state index contributed by atoms with van der Waals surface area (Å²) in [5.41, 5.74) is 0.880. The van der Waals surface area contributed by atoms with Gasteiger partial charge in [0, 0.05) is 0 Å². The summed E-state index contributed by atoms with van der Waals surface area (Å²) >= 11 is 5.66. The van der Waals surface area contributed by atoms with E-state index in [-0.39, 0.29) is 11.0 Å². The summed E-state index contributed by atoms with van der Waals surface area (Å²) < 4.78 is 5.15. The Balaban J connectivity index is 2.13. The SMILES string of the molecule is O=C(/C1=C/CCCCCC1)c1ccc(Cl)o1. The fourth-order valence-corrected chi connectivity index (χ4v) is 2.14. The molecule has 0 aromatic carbocycles. The first kappa shape index (κ1) is 11.5. The highest BCUT2D eigenvalue weighted by atomic mass is 35.5. The number of ketones is 1. The summed E-state index contributed by atoms with van der Waals surface area (Å²) in [6, 6.07) is 3.25. The molecule has 1 aromatic heterocycles. The van der Waals surface area contributed by atoms with Gasteiger partial charge < -0.3 is 4.42 Å². The Kier molecular flexibility index (Phi) is 3.83. The van der Waals surface area contributed by atoms with Gasteiger partial charge in [-0.2, -0.15) is 0 Å². The molecule has 86 valence electrons. The zero-order valence-corrected chi connectivity index (χ0v) is 9.93. The van der Waals surface area contributed by atoms with Crippen molar-refractivity contribution in [2.45, 2.75) is 38.5 Å². The van der Waals surface area contributed by atoms with E-state index in [9.17, 15) is 4.79 Å². The predicted molar refractivity (Wildman–Crippen MR) is 63.8 cm³/mol. The number of carbonyl (C=O) groups excluding carboxylic acids is 1. The number of hydrogen-bond acceptors (Lipinski definition) is 2. The lowest BCUT2D eigenvalue weighted by molar-refractivity contribution is 0.0999. The molecule has 1 aromatic rings. The third-order valence-electron chi connectivity index (χ3n) is 2.88. The molecule has 0 amide bonds. The van der Waals surface area contributed by atoms with Crippen molar-refractivity contribution in [3.05, 3.63) is 34.8 Å². The third-order valence-corrected chi connectivity index (χ3v) is 3.08. The molecule has 16 heavy (non-hydrogen) atoms. The molecule has 3 heteroatoms. The average Bonchev–Trinajstić information content (AvgIpc) is 2.63. The molecule has 0 bridgehead atoms. The third kappa shape index (κ3) is 2.76. The first-order chi connectivity index (χ1) is 7.77. The Bertz CT molecular complexity index is 404. The number of allylic oxidation sites excluding steroid dienone is 2. The maximum absolute atomic E-state index is 12.1. The van der Waals surface area contributed by atoms with E-state index in [0.717, 1.165) is 24.8 Å². The van der Waals surface area contributed by atoms with Crippen LogP contribution in [0.15, 0.2) is 28.2 Å². The highest BCUT2D eigenvalue weighted by Gasteiger charge is 2.16. The van der Waals surface area contributed by atoms with Crippen molar-refractivity contribution < 1.29 is 9.21 Å². The molecule has 0 aliphatic heterocycles. The van der Waals surface area contributed by atoms with Gasteiger partial charge in [-0.3, -0.25) is 4.79 Å². The highest BCUT2D eigenvalue weighted by molar-refractivity contribution is 6.29. The molecule has 0 radical (unpaired) electrons. The van der Waals surface area contributed by atoms with Gasteiger partial charge in [0.1, 0.15) is 0 Å². The van der Waals surface area contributed by atoms with Gasteiger partial charge >= 0.3 is 0 Å². The molecule has 1 heterocycles. The van der Waals surface area contributed by atoms with Crippen molar-refractivity contribution in [2.24, 2.45) is 0 Å². The zero-order chi connectivity index (χ0) is 11.4. The summed E-state index contributed by atoms with van der Waals surface area (Å²) in [6.45, 7) is 0. The van der Waals surface area contributed by atoms with Crippen molar-refractivity contribution in [3.8, 4) is 0 Å². The van der Waals surface area contributed by atoms with Crippen LogP contribution in [0.4, 0.5) is 0 Å². The van der Waals surface area contributed by atoms with Gasteiger partial charge in [-0.1, -0.05) is 18.9 Å². The van der Waals surface area contributed by atoms with Gasteiger partial charge in [0.25, 0.3) is 0 Å². The predicted octanol–water partition coefficient (Wildman–Crippen LogP) is 4.40. The Morgan fingerprint density at radius 3 is 2.75 bits per heavy atom. The van der Waals surface area contributed by atoms with E-state index in [4.69, 9.17) is 16.0 Å². The van der Waals surface area contributed by atoms with Crippen LogP contribution in [-0.2, 0) is 0 Å². The largest absolute Gasteiger partial charge is 0.441 e. The van der Waals surface area contributed by atoms with Crippen molar-refractivity contribution in [1.82, 2.24) is 0 Å². The highest BCUT2D eigenvalue weighted by Crippen LogP contribution is 2.22. The zero-order valence-electron chi connectivity index (χ0n) is 9.17. The van der Waals surface area contributed by atoms with E-state index >= 15 is 0 Å². The van der Waals surface area contributed by atoms with Crippen LogP contribution in [0.3, 0.4) is 0 Å². The first-order valence-corrected chi connectivity index (χ1v) is 6.14. The normalized spacial score (nSPS) is 20.7. The summed E-state index contributed by atoms with van der Waals surface area (Å²) in [6.07, 6.45) is 8.65. The molecule has 1 aliphatic rings. The lowest BCUT2D eigenvalue weighted by Crippen LogP contribution is -2.04. The van der Waals surface area contributed by atoms with Gasteiger partial charge in [0.2, 0.25) is 5.78 Å². The van der Waals surface area contributed by atoms with Crippen LogP contribution in [0.2, 0.25) is 5.22 Å². The van der Waals surface area contributed by atoms with Gasteiger partial charge in [0.05, 0.1) is 0 Å². The van der Waals surface area contributed by atoms with Crippen LogP contribution in [0.25, 0.3) is 0 Å². The monoisotopic (exact) mass is 238 g/mol. The molecule has 0 fully saturated rings. The van der Waals surface area contributed by atoms with Crippen LogP contribution < -0.4 is 0 Å². The second-order valence-corrected chi connectivity index (χ2v) is 4.49. The van der Waals surface area contributed by atoms with Gasteiger partial charge in [0.15, 0.2) is 11.0 Å². The van der Waals surface area contributed by atoms with E-state index < -0.39 is 0 Å². The smallest absolute Gasteiger partial charge is 0.223 e. The first-order valence-electron chi connectivity index (χ1n) is 5.76. The van der Waals surface area contributed by atoms with E-state index in [0.29, 0.717) is 5.76 Å².